The van der Waals surface area contributed by atoms with E-state index in [1.807, 2.05) is 61.7 Å². The Kier molecular flexibility index (Phi) is 5.55. The topological polar surface area (TPSA) is 81.3 Å². The maximum atomic E-state index is 12.9. The predicted octanol–water partition coefficient (Wildman–Crippen LogP) is 5.93. The third-order valence-corrected chi connectivity index (χ3v) is 6.14. The van der Waals surface area contributed by atoms with Gasteiger partial charge in [-0.25, -0.2) is 0 Å². The molecule has 2 aromatic carbocycles. The predicted molar refractivity (Wildman–Crippen MR) is 127 cm³/mol. The number of thioether (sulfide) groups is 1. The Labute approximate surface area is 199 Å². The quantitative estimate of drug-likeness (QED) is 0.338. The number of carbonyl (C=O) groups is 1. The van der Waals surface area contributed by atoms with Crippen molar-refractivity contribution in [2.45, 2.75) is 25.2 Å². The number of rotatable bonds is 3. The molecule has 33 heavy (non-hydrogen) atoms. The molecule has 1 atom stereocenters. The average Bonchev–Trinajstić information content (AvgIpc) is 3.24. The van der Waals surface area contributed by atoms with Crippen molar-refractivity contribution in [2.75, 3.05) is 11.2 Å². The molecule has 1 aliphatic heterocycles. The van der Waals surface area contributed by atoms with Crippen molar-refractivity contribution < 1.29 is 13.9 Å². The minimum absolute atomic E-state index is 0.213. The Morgan fingerprint density at radius 2 is 1.91 bits per heavy atom. The second-order valence-corrected chi connectivity index (χ2v) is 8.70. The maximum Gasteiger partial charge on any atom is 0.247 e. The summed E-state index contributed by atoms with van der Waals surface area (Å²) in [6.45, 7) is 3.47. The molecule has 0 saturated heterocycles. The van der Waals surface area contributed by atoms with Crippen molar-refractivity contribution in [3.63, 3.8) is 0 Å². The van der Waals surface area contributed by atoms with Crippen LogP contribution in [0.2, 0.25) is 5.02 Å². The molecular weight excluding hydrogens is 460 g/mol. The molecule has 7 nitrogen and oxygen atoms in total. The van der Waals surface area contributed by atoms with Gasteiger partial charge in [0.2, 0.25) is 23.2 Å². The highest BCUT2D eigenvalue weighted by molar-refractivity contribution is 7.98. The highest BCUT2D eigenvalue weighted by Crippen LogP contribution is 2.44. The van der Waals surface area contributed by atoms with Crippen LogP contribution in [-0.4, -0.2) is 27.3 Å². The van der Waals surface area contributed by atoms with Crippen molar-refractivity contribution in [1.82, 2.24) is 15.2 Å². The highest BCUT2D eigenvalue weighted by Gasteiger charge is 2.36. The number of hydrogen-bond donors (Lipinski definition) is 0. The monoisotopic (exact) mass is 478 g/mol. The van der Waals surface area contributed by atoms with Crippen molar-refractivity contribution >= 4 is 35.0 Å². The van der Waals surface area contributed by atoms with E-state index in [2.05, 4.69) is 15.2 Å². The van der Waals surface area contributed by atoms with Crippen molar-refractivity contribution in [3.8, 4) is 28.5 Å². The molecule has 0 radical (unpaired) electrons. The summed E-state index contributed by atoms with van der Waals surface area (Å²) in [5, 5.41) is 9.59. The summed E-state index contributed by atoms with van der Waals surface area (Å²) in [6, 6.07) is 16.7. The van der Waals surface area contributed by atoms with Crippen LogP contribution in [0, 0.1) is 6.92 Å². The SMILES string of the molecule is CSc1nnc2c(n1)O[C@H](c1ccc(-c3cc(Cl)ccc3C)o1)N(C(C)=O)c1ccccc1-2. The first-order valence-corrected chi connectivity index (χ1v) is 11.8. The van der Waals surface area contributed by atoms with Gasteiger partial charge in [-0.2, -0.15) is 4.98 Å². The summed E-state index contributed by atoms with van der Waals surface area (Å²) in [7, 11) is 0. The lowest BCUT2D eigenvalue weighted by Gasteiger charge is -2.28. The minimum atomic E-state index is -0.885. The fraction of sp³-hybridized carbons (Fsp3) is 0.167. The van der Waals surface area contributed by atoms with E-state index in [1.165, 1.54) is 18.7 Å². The molecule has 1 amide bonds. The van der Waals surface area contributed by atoms with E-state index >= 15 is 0 Å². The molecule has 0 N–H and O–H groups in total. The normalized spacial score (nSPS) is 14.8. The van der Waals surface area contributed by atoms with Gasteiger partial charge in [-0.3, -0.25) is 9.69 Å². The number of aryl methyl sites for hydroxylation is 1. The van der Waals surface area contributed by atoms with Gasteiger partial charge in [0.15, 0.2) is 11.5 Å². The van der Waals surface area contributed by atoms with Crippen LogP contribution in [0.4, 0.5) is 5.69 Å². The van der Waals surface area contributed by atoms with Crippen LogP contribution in [0.5, 0.6) is 5.88 Å². The third-order valence-electron chi connectivity index (χ3n) is 5.37. The van der Waals surface area contributed by atoms with Crippen molar-refractivity contribution in [3.05, 3.63) is 70.9 Å². The number of benzene rings is 2. The molecule has 0 aliphatic carbocycles. The summed E-state index contributed by atoms with van der Waals surface area (Å²) in [5.74, 6) is 1.15. The first kappa shape index (κ1) is 21.5. The Morgan fingerprint density at radius 1 is 1.09 bits per heavy atom. The fourth-order valence-corrected chi connectivity index (χ4v) is 4.28. The van der Waals surface area contributed by atoms with Gasteiger partial charge in [0.05, 0.1) is 5.69 Å². The first-order chi connectivity index (χ1) is 16.0. The van der Waals surface area contributed by atoms with Gasteiger partial charge in [0, 0.05) is 23.1 Å². The van der Waals surface area contributed by atoms with Gasteiger partial charge in [-0.1, -0.05) is 47.6 Å². The second kappa shape index (κ2) is 8.53. The first-order valence-electron chi connectivity index (χ1n) is 10.2. The molecule has 5 rings (SSSR count). The van der Waals surface area contributed by atoms with E-state index in [1.54, 1.807) is 11.0 Å². The number of fused-ring (bicyclic) bond motifs is 3. The molecule has 4 aromatic rings. The molecule has 0 bridgehead atoms. The lowest BCUT2D eigenvalue weighted by molar-refractivity contribution is -0.118. The number of hydrogen-bond acceptors (Lipinski definition) is 7. The zero-order valence-corrected chi connectivity index (χ0v) is 19.6. The Bertz CT molecular complexity index is 1370. The lowest BCUT2D eigenvalue weighted by Crippen LogP contribution is -2.35. The number of para-hydroxylation sites is 1. The number of furan rings is 1. The number of ether oxygens (including phenoxy) is 1. The number of anilines is 1. The van der Waals surface area contributed by atoms with E-state index < -0.39 is 6.23 Å². The summed E-state index contributed by atoms with van der Waals surface area (Å²) in [6.07, 6.45) is 0.976. The van der Waals surface area contributed by atoms with Gasteiger partial charge in [-0.05, 0) is 49.1 Å². The summed E-state index contributed by atoms with van der Waals surface area (Å²) in [4.78, 5) is 18.9. The van der Waals surface area contributed by atoms with Gasteiger partial charge in [-0.15, -0.1) is 10.2 Å². The van der Waals surface area contributed by atoms with E-state index in [0.717, 1.165) is 11.1 Å². The molecule has 1 aliphatic rings. The average molecular weight is 479 g/mol. The summed E-state index contributed by atoms with van der Waals surface area (Å²) < 4.78 is 12.5. The molecule has 0 fully saturated rings. The van der Waals surface area contributed by atoms with Crippen molar-refractivity contribution in [1.29, 1.82) is 0 Å². The molecule has 166 valence electrons. The minimum Gasteiger partial charge on any atom is -0.455 e. The molecule has 2 aromatic heterocycles. The van der Waals surface area contributed by atoms with Crippen LogP contribution in [0.3, 0.4) is 0 Å². The molecule has 9 heteroatoms. The zero-order valence-electron chi connectivity index (χ0n) is 18.1. The van der Waals surface area contributed by atoms with Crippen LogP contribution in [0.25, 0.3) is 22.6 Å². The molecule has 3 heterocycles. The van der Waals surface area contributed by atoms with E-state index in [0.29, 0.717) is 38.6 Å². The van der Waals surface area contributed by atoms with Gasteiger partial charge >= 0.3 is 0 Å². The van der Waals surface area contributed by atoms with Crippen molar-refractivity contribution in [2.24, 2.45) is 0 Å². The lowest BCUT2D eigenvalue weighted by atomic mass is 10.1. The molecule has 0 spiro atoms. The standard InChI is InChI=1S/C24H19ClN4O3S/c1-13-8-9-15(25)12-17(13)19-10-11-20(31-19)23-29(14(2)30)18-7-5-4-6-16(18)21-22(32-23)26-24(33-3)28-27-21/h4-12,23H,1-3H3/t23-/m1/s1. The van der Waals surface area contributed by atoms with Crippen LogP contribution < -0.4 is 9.64 Å². The fourth-order valence-electron chi connectivity index (χ4n) is 3.81. The van der Waals surface area contributed by atoms with Gasteiger partial charge < -0.3 is 9.15 Å². The summed E-state index contributed by atoms with van der Waals surface area (Å²) >= 11 is 7.56. The Hall–Kier alpha value is -3.36. The van der Waals surface area contributed by atoms with Crippen LogP contribution in [0.15, 0.2) is 64.2 Å². The Balaban J connectivity index is 1.67. The maximum absolute atomic E-state index is 12.9. The van der Waals surface area contributed by atoms with E-state index in [-0.39, 0.29) is 11.8 Å². The van der Waals surface area contributed by atoms with Gasteiger partial charge in [0.1, 0.15) is 5.76 Å². The number of halogens is 1. The largest absolute Gasteiger partial charge is 0.455 e. The summed E-state index contributed by atoms with van der Waals surface area (Å²) in [5.41, 5.74) is 3.69. The van der Waals surface area contributed by atoms with Crippen LogP contribution in [0.1, 0.15) is 24.5 Å². The van der Waals surface area contributed by atoms with Crippen LogP contribution >= 0.6 is 23.4 Å². The third kappa shape index (κ3) is 3.85. The number of nitrogens with zero attached hydrogens (tertiary/aromatic N) is 4. The number of aromatic nitrogens is 3. The zero-order chi connectivity index (χ0) is 23.1. The van der Waals surface area contributed by atoms with Crippen LogP contribution in [-0.2, 0) is 4.79 Å². The molecule has 0 unspecified atom stereocenters. The number of amides is 1. The van der Waals surface area contributed by atoms with E-state index in [9.17, 15) is 4.79 Å². The Morgan fingerprint density at radius 3 is 2.70 bits per heavy atom. The highest BCUT2D eigenvalue weighted by atomic mass is 35.5. The second-order valence-electron chi connectivity index (χ2n) is 7.49. The van der Waals surface area contributed by atoms with Gasteiger partial charge in [0.25, 0.3) is 0 Å². The number of carbonyl (C=O) groups excluding carboxylic acids is 1. The van der Waals surface area contributed by atoms with E-state index in [4.69, 9.17) is 20.8 Å². The molecular formula is C24H19ClN4O3S. The smallest absolute Gasteiger partial charge is 0.247 e. The molecule has 0 saturated carbocycles.